The van der Waals surface area contributed by atoms with E-state index in [-0.39, 0.29) is 12.4 Å². The molecule has 0 aliphatic rings. The number of rotatable bonds is 2. The van der Waals surface area contributed by atoms with Crippen molar-refractivity contribution in [2.45, 2.75) is 0 Å². The highest BCUT2D eigenvalue weighted by Gasteiger charge is 2.12. The number of ether oxygens (including phenoxy) is 2. The van der Waals surface area contributed by atoms with Crippen LogP contribution in [0.2, 0.25) is 0 Å². The molecule has 2 aromatic rings. The molecule has 0 radical (unpaired) electrons. The normalized spacial score (nSPS) is 9.73. The molecule has 6 heteroatoms. The van der Waals surface area contributed by atoms with E-state index in [9.17, 15) is 0 Å². The minimum absolute atomic E-state index is 0. The number of hydrogen-bond acceptors (Lipinski definition) is 4. The molecule has 82 valence electrons. The molecule has 0 fully saturated rings. The molecular weight excluding hydrogens is 218 g/mol. The van der Waals surface area contributed by atoms with Gasteiger partial charge in [0.05, 0.1) is 26.1 Å². The first-order valence-corrected chi connectivity index (χ1v) is 4.11. The van der Waals surface area contributed by atoms with Crippen LogP contribution in [0.15, 0.2) is 18.5 Å². The van der Waals surface area contributed by atoms with Crippen LogP contribution in [0.1, 0.15) is 0 Å². The zero-order chi connectivity index (χ0) is 10.1. The molecule has 2 rings (SSSR count). The topological polar surface area (TPSA) is 61.8 Å². The molecule has 0 unspecified atom stereocenters. The Balaban J connectivity index is 0.00000112. The number of nitrogens with zero attached hydrogens (tertiary/aromatic N) is 2. The molecule has 0 aromatic carbocycles. The van der Waals surface area contributed by atoms with Gasteiger partial charge >= 0.3 is 0 Å². The van der Waals surface area contributed by atoms with Gasteiger partial charge in [0.15, 0.2) is 17.0 Å². The predicted octanol–water partition coefficient (Wildman–Crippen LogP) is 1.36. The molecule has 0 atom stereocenters. The van der Waals surface area contributed by atoms with Crippen molar-refractivity contribution in [1.82, 2.24) is 9.61 Å². The van der Waals surface area contributed by atoms with Gasteiger partial charge in [-0.2, -0.15) is 5.10 Å². The number of methoxy groups -OCH3 is 2. The maximum absolute atomic E-state index is 5.76. The summed E-state index contributed by atoms with van der Waals surface area (Å²) in [6, 6.07) is 1.73. The molecule has 15 heavy (non-hydrogen) atoms. The van der Waals surface area contributed by atoms with Crippen molar-refractivity contribution in [3.8, 4) is 11.5 Å². The summed E-state index contributed by atoms with van der Waals surface area (Å²) >= 11 is 0. The van der Waals surface area contributed by atoms with Crippen LogP contribution in [0.5, 0.6) is 11.5 Å². The fraction of sp³-hybridized carbons (Fsp3) is 0.222. The largest absolute Gasteiger partial charge is 0.493 e. The number of aromatic nitrogens is 2. The standard InChI is InChI=1S/C9H11N3O2.ClH/c1-13-7-5-11-12-4-3-6(10)9(14-2)8(7)12;/h3-5H,10H2,1-2H3;1H. The van der Waals surface area contributed by atoms with E-state index in [4.69, 9.17) is 15.2 Å². The highest BCUT2D eigenvalue weighted by molar-refractivity contribution is 5.85. The van der Waals surface area contributed by atoms with E-state index in [1.165, 1.54) is 0 Å². The molecule has 0 spiro atoms. The molecular formula is C9H12ClN3O2. The number of nitrogen functional groups attached to an aromatic ring is 1. The third-order valence-corrected chi connectivity index (χ3v) is 2.06. The molecule has 0 saturated carbocycles. The monoisotopic (exact) mass is 229 g/mol. The Morgan fingerprint density at radius 1 is 1.33 bits per heavy atom. The maximum atomic E-state index is 5.76. The second-order valence-electron chi connectivity index (χ2n) is 2.81. The summed E-state index contributed by atoms with van der Waals surface area (Å²) in [5.41, 5.74) is 7.07. The van der Waals surface area contributed by atoms with Crippen LogP contribution >= 0.6 is 12.4 Å². The third kappa shape index (κ3) is 1.66. The Morgan fingerprint density at radius 3 is 2.67 bits per heavy atom. The number of halogens is 1. The first-order chi connectivity index (χ1) is 6.77. The lowest BCUT2D eigenvalue weighted by Gasteiger charge is -2.06. The molecule has 0 saturated heterocycles. The van der Waals surface area contributed by atoms with E-state index in [2.05, 4.69) is 5.10 Å². The molecule has 0 bridgehead atoms. The van der Waals surface area contributed by atoms with Gasteiger partial charge in [0.25, 0.3) is 0 Å². The van der Waals surface area contributed by atoms with Crippen LogP contribution in [-0.4, -0.2) is 23.8 Å². The van der Waals surface area contributed by atoms with E-state index in [1.54, 1.807) is 37.2 Å². The van der Waals surface area contributed by atoms with Crippen molar-refractivity contribution in [3.63, 3.8) is 0 Å². The van der Waals surface area contributed by atoms with Crippen LogP contribution in [0.4, 0.5) is 5.69 Å². The smallest absolute Gasteiger partial charge is 0.171 e. The van der Waals surface area contributed by atoms with Gasteiger partial charge in [0, 0.05) is 6.20 Å². The van der Waals surface area contributed by atoms with Gasteiger partial charge in [-0.1, -0.05) is 0 Å². The van der Waals surface area contributed by atoms with E-state index in [1.807, 2.05) is 0 Å². The third-order valence-electron chi connectivity index (χ3n) is 2.06. The van der Waals surface area contributed by atoms with Crippen molar-refractivity contribution in [2.24, 2.45) is 0 Å². The lowest BCUT2D eigenvalue weighted by Crippen LogP contribution is -1.97. The van der Waals surface area contributed by atoms with Gasteiger partial charge in [0.1, 0.15) is 0 Å². The van der Waals surface area contributed by atoms with Crippen LogP contribution in [-0.2, 0) is 0 Å². The fourth-order valence-corrected chi connectivity index (χ4v) is 1.40. The number of nitrogens with two attached hydrogens (primary N) is 1. The lowest BCUT2D eigenvalue weighted by molar-refractivity contribution is 0.405. The van der Waals surface area contributed by atoms with Crippen molar-refractivity contribution < 1.29 is 9.47 Å². The highest BCUT2D eigenvalue weighted by Crippen LogP contribution is 2.33. The van der Waals surface area contributed by atoms with Gasteiger partial charge in [0.2, 0.25) is 0 Å². The van der Waals surface area contributed by atoms with Crippen LogP contribution < -0.4 is 15.2 Å². The van der Waals surface area contributed by atoms with Crippen molar-refractivity contribution in [3.05, 3.63) is 18.5 Å². The number of fused-ring (bicyclic) bond motifs is 1. The summed E-state index contributed by atoms with van der Waals surface area (Å²) in [4.78, 5) is 0. The summed E-state index contributed by atoms with van der Waals surface area (Å²) in [6.45, 7) is 0. The van der Waals surface area contributed by atoms with Crippen molar-refractivity contribution in [1.29, 1.82) is 0 Å². The van der Waals surface area contributed by atoms with Gasteiger partial charge in [-0.25, -0.2) is 4.52 Å². The first kappa shape index (κ1) is 11.5. The quantitative estimate of drug-likeness (QED) is 0.845. The number of anilines is 1. The summed E-state index contributed by atoms with van der Waals surface area (Å²) in [7, 11) is 3.15. The van der Waals surface area contributed by atoms with E-state index >= 15 is 0 Å². The molecule has 2 N–H and O–H groups in total. The van der Waals surface area contributed by atoms with Crippen molar-refractivity contribution >= 4 is 23.6 Å². The average molecular weight is 230 g/mol. The van der Waals surface area contributed by atoms with E-state index in [0.717, 1.165) is 5.52 Å². The van der Waals surface area contributed by atoms with Crippen LogP contribution in [0, 0.1) is 0 Å². The minimum Gasteiger partial charge on any atom is -0.493 e. The Morgan fingerprint density at radius 2 is 2.07 bits per heavy atom. The lowest BCUT2D eigenvalue weighted by atomic mass is 10.3. The Bertz CT molecular complexity index is 470. The van der Waals surface area contributed by atoms with E-state index < -0.39 is 0 Å². The second kappa shape index (κ2) is 4.27. The molecule has 2 aromatic heterocycles. The summed E-state index contributed by atoms with van der Waals surface area (Å²) in [5.74, 6) is 1.23. The second-order valence-corrected chi connectivity index (χ2v) is 2.81. The Kier molecular flexibility index (Phi) is 3.26. The molecule has 0 aliphatic heterocycles. The molecule has 5 nitrogen and oxygen atoms in total. The zero-order valence-corrected chi connectivity index (χ0v) is 9.25. The summed E-state index contributed by atoms with van der Waals surface area (Å²) in [6.07, 6.45) is 3.38. The SMILES string of the molecule is COc1cnn2ccc(N)c(OC)c12.Cl. The van der Waals surface area contributed by atoms with Crippen LogP contribution in [0.25, 0.3) is 5.52 Å². The fourth-order valence-electron chi connectivity index (χ4n) is 1.40. The Hall–Kier alpha value is -1.62. The van der Waals surface area contributed by atoms with Gasteiger partial charge in [-0.05, 0) is 6.07 Å². The summed E-state index contributed by atoms with van der Waals surface area (Å²) < 4.78 is 12.0. The van der Waals surface area contributed by atoms with Gasteiger partial charge < -0.3 is 15.2 Å². The average Bonchev–Trinajstić information content (AvgIpc) is 2.61. The molecule has 0 aliphatic carbocycles. The Labute approximate surface area is 93.2 Å². The van der Waals surface area contributed by atoms with E-state index in [0.29, 0.717) is 17.2 Å². The van der Waals surface area contributed by atoms with Gasteiger partial charge in [-0.15, -0.1) is 12.4 Å². The first-order valence-electron chi connectivity index (χ1n) is 4.11. The minimum atomic E-state index is 0. The number of hydrogen-bond donors (Lipinski definition) is 1. The van der Waals surface area contributed by atoms with Crippen LogP contribution in [0.3, 0.4) is 0 Å². The number of pyridine rings is 1. The van der Waals surface area contributed by atoms with Gasteiger partial charge in [-0.3, -0.25) is 0 Å². The molecule has 2 heterocycles. The zero-order valence-electron chi connectivity index (χ0n) is 8.43. The maximum Gasteiger partial charge on any atom is 0.171 e. The molecule has 0 amide bonds. The summed E-state index contributed by atoms with van der Waals surface area (Å²) in [5, 5.41) is 4.10. The predicted molar refractivity (Wildman–Crippen MR) is 60.0 cm³/mol. The van der Waals surface area contributed by atoms with Crippen molar-refractivity contribution in [2.75, 3.05) is 20.0 Å². The highest BCUT2D eigenvalue weighted by atomic mass is 35.5.